The van der Waals surface area contributed by atoms with Crippen molar-refractivity contribution in [2.75, 3.05) is 5.75 Å². The van der Waals surface area contributed by atoms with E-state index in [4.69, 9.17) is 5.11 Å². The maximum absolute atomic E-state index is 8.96. The van der Waals surface area contributed by atoms with Crippen molar-refractivity contribution < 1.29 is 5.11 Å². The third kappa shape index (κ3) is 4.17. The Balaban J connectivity index is 1.72. The quantitative estimate of drug-likeness (QED) is 0.809. The Morgan fingerprint density at radius 1 is 1.00 bits per heavy atom. The van der Waals surface area contributed by atoms with Crippen LogP contribution >= 0.6 is 11.8 Å². The van der Waals surface area contributed by atoms with Crippen molar-refractivity contribution in [1.29, 1.82) is 0 Å². The van der Waals surface area contributed by atoms with Gasteiger partial charge in [0.25, 0.3) is 0 Å². The minimum Gasteiger partial charge on any atom is -0.392 e. The molecule has 0 fully saturated rings. The predicted octanol–water partition coefficient (Wildman–Crippen LogP) is 3.05. The zero-order valence-electron chi connectivity index (χ0n) is 10.2. The molecule has 1 aromatic heterocycles. The van der Waals surface area contributed by atoms with Crippen molar-refractivity contribution in [3.8, 4) is 0 Å². The number of hydrogen-bond donors (Lipinski definition) is 1. The summed E-state index contributed by atoms with van der Waals surface area (Å²) in [5.74, 6) is 2.09. The van der Waals surface area contributed by atoms with Crippen LogP contribution in [0.15, 0.2) is 48.7 Å². The largest absolute Gasteiger partial charge is 0.392 e. The van der Waals surface area contributed by atoms with Crippen LogP contribution in [0.3, 0.4) is 0 Å². The molecule has 0 bridgehead atoms. The topological polar surface area (TPSA) is 33.1 Å². The van der Waals surface area contributed by atoms with Gasteiger partial charge in [0.1, 0.15) is 0 Å². The van der Waals surface area contributed by atoms with Crippen molar-refractivity contribution in [2.45, 2.75) is 18.8 Å². The van der Waals surface area contributed by atoms with E-state index in [2.05, 4.69) is 23.2 Å². The lowest BCUT2D eigenvalue weighted by Crippen LogP contribution is -1.92. The van der Waals surface area contributed by atoms with Gasteiger partial charge in [-0.05, 0) is 35.4 Å². The highest BCUT2D eigenvalue weighted by Crippen LogP contribution is 2.14. The lowest BCUT2D eigenvalue weighted by atomic mass is 10.2. The highest BCUT2D eigenvalue weighted by Gasteiger charge is 1.97. The molecule has 94 valence electrons. The third-order valence-electron chi connectivity index (χ3n) is 2.70. The summed E-state index contributed by atoms with van der Waals surface area (Å²) >= 11 is 1.91. The SMILES string of the molecule is OCc1ccc(CSCCc2ccccn2)cc1. The van der Waals surface area contributed by atoms with Gasteiger partial charge < -0.3 is 5.11 Å². The minimum absolute atomic E-state index is 0.118. The van der Waals surface area contributed by atoms with Gasteiger partial charge >= 0.3 is 0 Å². The molecule has 0 radical (unpaired) electrons. The summed E-state index contributed by atoms with van der Waals surface area (Å²) in [5, 5.41) is 8.96. The molecular formula is C15H17NOS. The number of aryl methyl sites for hydroxylation is 1. The van der Waals surface area contributed by atoms with Crippen LogP contribution in [0.2, 0.25) is 0 Å². The van der Waals surface area contributed by atoms with Crippen molar-refractivity contribution in [3.63, 3.8) is 0 Å². The molecule has 1 heterocycles. The van der Waals surface area contributed by atoms with Crippen LogP contribution < -0.4 is 0 Å². The van der Waals surface area contributed by atoms with Crippen molar-refractivity contribution in [3.05, 3.63) is 65.5 Å². The van der Waals surface area contributed by atoms with Gasteiger partial charge in [-0.15, -0.1) is 0 Å². The van der Waals surface area contributed by atoms with E-state index in [1.54, 1.807) is 0 Å². The Morgan fingerprint density at radius 3 is 2.44 bits per heavy atom. The van der Waals surface area contributed by atoms with Crippen molar-refractivity contribution in [2.24, 2.45) is 0 Å². The van der Waals surface area contributed by atoms with Gasteiger partial charge in [-0.2, -0.15) is 11.8 Å². The van der Waals surface area contributed by atoms with Crippen molar-refractivity contribution >= 4 is 11.8 Å². The molecule has 0 aliphatic heterocycles. The predicted molar refractivity (Wildman–Crippen MR) is 76.5 cm³/mol. The number of aliphatic hydroxyl groups excluding tert-OH is 1. The normalized spacial score (nSPS) is 10.5. The Kier molecular flexibility index (Phi) is 5.24. The molecule has 2 nitrogen and oxygen atoms in total. The summed E-state index contributed by atoms with van der Waals surface area (Å²) < 4.78 is 0. The van der Waals surface area contributed by atoms with Gasteiger partial charge in [0.2, 0.25) is 0 Å². The van der Waals surface area contributed by atoms with E-state index in [0.717, 1.165) is 29.2 Å². The summed E-state index contributed by atoms with van der Waals surface area (Å²) in [5.41, 5.74) is 3.43. The van der Waals surface area contributed by atoms with Gasteiger partial charge in [-0.3, -0.25) is 4.98 Å². The minimum atomic E-state index is 0.118. The number of aliphatic hydroxyl groups is 1. The van der Waals surface area contributed by atoms with Crippen LogP contribution in [0.4, 0.5) is 0 Å². The number of thioether (sulfide) groups is 1. The molecule has 2 rings (SSSR count). The van der Waals surface area contributed by atoms with Gasteiger partial charge in [0, 0.05) is 17.6 Å². The first-order chi connectivity index (χ1) is 8.88. The first kappa shape index (κ1) is 13.1. The van der Waals surface area contributed by atoms with E-state index in [-0.39, 0.29) is 6.61 Å². The van der Waals surface area contributed by atoms with Crippen molar-refractivity contribution in [1.82, 2.24) is 4.98 Å². The zero-order valence-corrected chi connectivity index (χ0v) is 11.1. The summed E-state index contributed by atoms with van der Waals surface area (Å²) in [6.07, 6.45) is 2.86. The van der Waals surface area contributed by atoms with Crippen LogP contribution in [-0.4, -0.2) is 15.8 Å². The zero-order chi connectivity index (χ0) is 12.6. The number of nitrogens with zero attached hydrogens (tertiary/aromatic N) is 1. The second-order valence-corrected chi connectivity index (χ2v) is 5.20. The Morgan fingerprint density at radius 2 is 1.78 bits per heavy atom. The number of hydrogen-bond acceptors (Lipinski definition) is 3. The highest BCUT2D eigenvalue weighted by atomic mass is 32.2. The molecule has 0 spiro atoms. The number of aromatic nitrogens is 1. The first-order valence-corrected chi connectivity index (χ1v) is 7.20. The molecule has 0 unspecified atom stereocenters. The fraction of sp³-hybridized carbons (Fsp3) is 0.267. The van der Waals surface area contributed by atoms with Crippen LogP contribution in [0.5, 0.6) is 0 Å². The average Bonchev–Trinajstić information content (AvgIpc) is 2.45. The summed E-state index contributed by atoms with van der Waals surface area (Å²) in [7, 11) is 0. The molecular weight excluding hydrogens is 242 g/mol. The number of rotatable bonds is 6. The summed E-state index contributed by atoms with van der Waals surface area (Å²) in [6.45, 7) is 0.118. The molecule has 0 aliphatic rings. The van der Waals surface area contributed by atoms with Gasteiger partial charge in [0.05, 0.1) is 6.61 Å². The highest BCUT2D eigenvalue weighted by molar-refractivity contribution is 7.98. The van der Waals surface area contributed by atoms with E-state index in [1.165, 1.54) is 5.56 Å². The van der Waals surface area contributed by atoms with Crippen LogP contribution in [0.1, 0.15) is 16.8 Å². The molecule has 0 aliphatic carbocycles. The first-order valence-electron chi connectivity index (χ1n) is 6.05. The molecule has 0 saturated carbocycles. The second kappa shape index (κ2) is 7.19. The summed E-state index contributed by atoms with van der Waals surface area (Å²) in [6, 6.07) is 14.2. The maximum Gasteiger partial charge on any atom is 0.0681 e. The molecule has 1 aromatic carbocycles. The Labute approximate surface area is 112 Å². The smallest absolute Gasteiger partial charge is 0.0681 e. The van der Waals surface area contributed by atoms with E-state index < -0.39 is 0 Å². The maximum atomic E-state index is 8.96. The average molecular weight is 259 g/mol. The number of pyridine rings is 1. The van der Waals surface area contributed by atoms with Crippen LogP contribution in [-0.2, 0) is 18.8 Å². The molecule has 0 amide bonds. The van der Waals surface area contributed by atoms with Crippen LogP contribution in [0, 0.1) is 0 Å². The molecule has 3 heteroatoms. The van der Waals surface area contributed by atoms with Gasteiger partial charge in [-0.1, -0.05) is 30.3 Å². The van der Waals surface area contributed by atoms with E-state index in [1.807, 2.05) is 42.2 Å². The Bertz CT molecular complexity index is 456. The van der Waals surface area contributed by atoms with Gasteiger partial charge in [0.15, 0.2) is 0 Å². The molecule has 18 heavy (non-hydrogen) atoms. The Hall–Kier alpha value is -1.32. The second-order valence-electron chi connectivity index (χ2n) is 4.10. The van der Waals surface area contributed by atoms with Crippen LogP contribution in [0.25, 0.3) is 0 Å². The molecule has 0 saturated heterocycles. The third-order valence-corrected chi connectivity index (χ3v) is 3.73. The fourth-order valence-electron chi connectivity index (χ4n) is 1.65. The number of benzene rings is 1. The van der Waals surface area contributed by atoms with E-state index in [9.17, 15) is 0 Å². The molecule has 1 N–H and O–H groups in total. The van der Waals surface area contributed by atoms with E-state index >= 15 is 0 Å². The molecule has 2 aromatic rings. The summed E-state index contributed by atoms with van der Waals surface area (Å²) in [4.78, 5) is 4.30. The van der Waals surface area contributed by atoms with E-state index in [0.29, 0.717) is 0 Å². The standard InChI is InChI=1S/C15H17NOS/c17-11-13-4-6-14(7-5-13)12-18-10-8-15-3-1-2-9-16-15/h1-7,9,17H,8,10-12H2. The fourth-order valence-corrected chi connectivity index (χ4v) is 2.58. The monoisotopic (exact) mass is 259 g/mol. The molecule has 0 atom stereocenters. The van der Waals surface area contributed by atoms with Gasteiger partial charge in [-0.25, -0.2) is 0 Å². The lowest BCUT2D eigenvalue weighted by molar-refractivity contribution is 0.282. The lowest BCUT2D eigenvalue weighted by Gasteiger charge is -2.03.